The number of hydrogen-bond donors (Lipinski definition) is 0. The van der Waals surface area contributed by atoms with E-state index in [4.69, 9.17) is 4.74 Å². The maximum Gasteiger partial charge on any atom is 0.0888 e. The monoisotopic (exact) mass is 205 g/mol. The molecule has 0 fully saturated rings. The predicted molar refractivity (Wildman–Crippen MR) is 67.2 cm³/mol. The van der Waals surface area contributed by atoms with Gasteiger partial charge in [-0.05, 0) is 6.92 Å². The predicted octanol–water partition coefficient (Wildman–Crippen LogP) is 3.30. The molecule has 2 nitrogen and oxygen atoms in total. The van der Waals surface area contributed by atoms with E-state index in [-0.39, 0.29) is 0 Å². The van der Waals surface area contributed by atoms with Crippen molar-refractivity contribution in [3.05, 3.63) is 49.2 Å². The van der Waals surface area contributed by atoms with E-state index in [0.717, 1.165) is 12.1 Å². The minimum Gasteiger partial charge on any atom is -0.371 e. The number of nitrogens with zero attached hydrogens (tertiary/aromatic N) is 1. The van der Waals surface area contributed by atoms with Crippen LogP contribution in [0.5, 0.6) is 0 Å². The summed E-state index contributed by atoms with van der Waals surface area (Å²) in [6, 6.07) is 0. The third-order valence-electron chi connectivity index (χ3n) is 1.59. The molecule has 0 radical (unpaired) electrons. The first kappa shape index (κ1) is 13.6. The molecule has 0 amide bonds. The van der Waals surface area contributed by atoms with Crippen LogP contribution in [-0.4, -0.2) is 19.4 Å². The van der Waals surface area contributed by atoms with Gasteiger partial charge in [0.25, 0.3) is 0 Å². The fourth-order valence-electron chi connectivity index (χ4n) is 0.848. The van der Waals surface area contributed by atoms with Crippen molar-refractivity contribution in [3.8, 4) is 0 Å². The van der Waals surface area contributed by atoms with Crippen molar-refractivity contribution < 1.29 is 4.74 Å². The third kappa shape index (κ3) is 8.91. The van der Waals surface area contributed by atoms with Crippen LogP contribution in [0.4, 0.5) is 0 Å². The Morgan fingerprint density at radius 3 is 2.80 bits per heavy atom. The molecule has 0 spiro atoms. The summed E-state index contributed by atoms with van der Waals surface area (Å²) in [4.78, 5) is 4.28. The largest absolute Gasteiger partial charge is 0.371 e. The highest BCUT2D eigenvalue weighted by molar-refractivity contribution is 5.61. The maximum atomic E-state index is 5.28. The van der Waals surface area contributed by atoms with Crippen molar-refractivity contribution in [1.29, 1.82) is 0 Å². The van der Waals surface area contributed by atoms with Gasteiger partial charge in [-0.3, -0.25) is 4.99 Å². The van der Waals surface area contributed by atoms with Gasteiger partial charge in [0.15, 0.2) is 0 Å². The highest BCUT2D eigenvalue weighted by Gasteiger charge is 1.90. The maximum absolute atomic E-state index is 5.28. The van der Waals surface area contributed by atoms with Gasteiger partial charge in [-0.1, -0.05) is 37.0 Å². The average Bonchev–Trinajstić information content (AvgIpc) is 2.26. The molecule has 0 aromatic carbocycles. The summed E-state index contributed by atoms with van der Waals surface area (Å²) >= 11 is 0. The summed E-state index contributed by atoms with van der Waals surface area (Å²) in [5.41, 5.74) is 0.934. The Balaban J connectivity index is 3.83. The second-order valence-corrected chi connectivity index (χ2v) is 2.80. The van der Waals surface area contributed by atoms with E-state index in [0.29, 0.717) is 13.2 Å². The lowest BCUT2D eigenvalue weighted by atomic mass is 10.4. The average molecular weight is 205 g/mol. The zero-order chi connectivity index (χ0) is 11.4. The lowest BCUT2D eigenvalue weighted by Crippen LogP contribution is -1.96. The van der Waals surface area contributed by atoms with Gasteiger partial charge in [0.1, 0.15) is 0 Å². The Kier molecular flexibility index (Phi) is 9.67. The second kappa shape index (κ2) is 10.7. The molecule has 0 N–H and O–H groups in total. The molecule has 0 saturated carbocycles. The van der Waals surface area contributed by atoms with E-state index >= 15 is 0 Å². The summed E-state index contributed by atoms with van der Waals surface area (Å²) in [7, 11) is 0. The molecule has 0 unspecified atom stereocenters. The van der Waals surface area contributed by atoms with Crippen molar-refractivity contribution in [2.45, 2.75) is 13.3 Å². The van der Waals surface area contributed by atoms with Crippen molar-refractivity contribution in [2.75, 3.05) is 13.2 Å². The highest BCUT2D eigenvalue weighted by Crippen LogP contribution is 1.97. The van der Waals surface area contributed by atoms with Gasteiger partial charge in [-0.15, -0.1) is 6.58 Å². The molecule has 0 aromatic rings. The molecule has 0 heterocycles. The van der Waals surface area contributed by atoms with Crippen LogP contribution in [-0.2, 0) is 4.74 Å². The molecule has 0 atom stereocenters. The van der Waals surface area contributed by atoms with E-state index in [9.17, 15) is 0 Å². The number of allylic oxidation sites excluding steroid dienone is 4. The van der Waals surface area contributed by atoms with Crippen LogP contribution in [0, 0.1) is 0 Å². The van der Waals surface area contributed by atoms with Gasteiger partial charge in [-0.25, -0.2) is 0 Å². The van der Waals surface area contributed by atoms with Gasteiger partial charge in [-0.2, -0.15) is 0 Å². The second-order valence-electron chi connectivity index (χ2n) is 2.80. The molecule has 0 saturated heterocycles. The molecule has 0 aliphatic rings. The van der Waals surface area contributed by atoms with Crippen LogP contribution in [0.15, 0.2) is 54.2 Å². The van der Waals surface area contributed by atoms with Gasteiger partial charge < -0.3 is 4.74 Å². The first-order valence-electron chi connectivity index (χ1n) is 4.99. The fraction of sp³-hybridized carbons (Fsp3) is 0.308. The van der Waals surface area contributed by atoms with Gasteiger partial charge in [0.2, 0.25) is 0 Å². The van der Waals surface area contributed by atoms with Gasteiger partial charge >= 0.3 is 0 Å². The summed E-state index contributed by atoms with van der Waals surface area (Å²) in [6.45, 7) is 10.2. The summed E-state index contributed by atoms with van der Waals surface area (Å²) in [5, 5.41) is 0. The molecular weight excluding hydrogens is 186 g/mol. The zero-order valence-electron chi connectivity index (χ0n) is 9.36. The minimum absolute atomic E-state index is 0.532. The zero-order valence-corrected chi connectivity index (χ0v) is 9.36. The van der Waals surface area contributed by atoms with Crippen LogP contribution in [0.2, 0.25) is 0 Å². The molecule has 15 heavy (non-hydrogen) atoms. The normalized spacial score (nSPS) is 12.5. The Morgan fingerprint density at radius 2 is 2.20 bits per heavy atom. The Labute approximate surface area is 92.4 Å². The molecule has 0 aliphatic heterocycles. The topological polar surface area (TPSA) is 21.6 Å². The molecule has 0 aromatic heterocycles. The molecule has 0 rings (SSSR count). The number of hydrogen-bond acceptors (Lipinski definition) is 2. The Morgan fingerprint density at radius 1 is 1.40 bits per heavy atom. The molecule has 2 heteroatoms. The van der Waals surface area contributed by atoms with Crippen LogP contribution >= 0.6 is 0 Å². The SMILES string of the molecule is C=C/C=C\CC=N/C(=C\C)COCC=C. The Hall–Kier alpha value is -1.41. The summed E-state index contributed by atoms with van der Waals surface area (Å²) < 4.78 is 5.28. The van der Waals surface area contributed by atoms with E-state index in [1.807, 2.05) is 31.4 Å². The van der Waals surface area contributed by atoms with E-state index in [1.165, 1.54) is 0 Å². The first-order chi connectivity index (χ1) is 7.35. The Bertz CT molecular complexity index is 262. The van der Waals surface area contributed by atoms with E-state index < -0.39 is 0 Å². The van der Waals surface area contributed by atoms with E-state index in [1.54, 1.807) is 12.2 Å². The smallest absolute Gasteiger partial charge is 0.0888 e. The van der Waals surface area contributed by atoms with E-state index in [2.05, 4.69) is 18.2 Å². The van der Waals surface area contributed by atoms with Crippen molar-refractivity contribution in [3.63, 3.8) is 0 Å². The van der Waals surface area contributed by atoms with Gasteiger partial charge in [0.05, 0.1) is 18.9 Å². The highest BCUT2D eigenvalue weighted by atomic mass is 16.5. The van der Waals surface area contributed by atoms with Crippen molar-refractivity contribution in [2.24, 2.45) is 4.99 Å². The quantitative estimate of drug-likeness (QED) is 0.258. The lowest BCUT2D eigenvalue weighted by Gasteiger charge is -2.00. The van der Waals surface area contributed by atoms with Gasteiger partial charge in [0, 0.05) is 12.6 Å². The number of rotatable bonds is 8. The minimum atomic E-state index is 0.532. The van der Waals surface area contributed by atoms with Crippen molar-refractivity contribution in [1.82, 2.24) is 0 Å². The molecule has 0 bridgehead atoms. The molecule has 0 aliphatic carbocycles. The molecule has 82 valence electrons. The summed E-state index contributed by atoms with van der Waals surface area (Å²) in [5.74, 6) is 0. The third-order valence-corrected chi connectivity index (χ3v) is 1.59. The van der Waals surface area contributed by atoms with Crippen LogP contribution < -0.4 is 0 Å². The number of aliphatic imine (C=N–C) groups is 1. The van der Waals surface area contributed by atoms with Crippen LogP contribution in [0.1, 0.15) is 13.3 Å². The number of ether oxygens (including phenoxy) is 1. The standard InChI is InChI=1S/C13H19NO/c1-4-7-8-9-10-14-13(6-3)12-15-11-5-2/h4-8,10H,1-2,9,11-12H2,3H3/b8-7-,13-6-,14-10?. The fourth-order valence-corrected chi connectivity index (χ4v) is 0.848. The first-order valence-corrected chi connectivity index (χ1v) is 4.99. The lowest BCUT2D eigenvalue weighted by molar-refractivity contribution is 0.186. The van der Waals surface area contributed by atoms with Crippen LogP contribution in [0.3, 0.4) is 0 Å². The van der Waals surface area contributed by atoms with Crippen LogP contribution in [0.25, 0.3) is 0 Å². The molecular formula is C13H19NO. The summed E-state index contributed by atoms with van der Waals surface area (Å²) in [6.07, 6.45) is 12.0. The van der Waals surface area contributed by atoms with Crippen molar-refractivity contribution >= 4 is 6.21 Å².